The third-order valence-corrected chi connectivity index (χ3v) is 4.14. The molecular weight excluding hydrogens is 248 g/mol. The molecule has 1 rings (SSSR count). The van der Waals surface area contributed by atoms with Crippen molar-refractivity contribution in [1.82, 2.24) is 14.9 Å². The van der Waals surface area contributed by atoms with Crippen LogP contribution in [0.4, 0.5) is 0 Å². The van der Waals surface area contributed by atoms with Crippen molar-refractivity contribution >= 4 is 17.4 Å². The lowest BCUT2D eigenvalue weighted by atomic mass is 9.93. The number of nitrogens with two attached hydrogens (primary N) is 1. The first-order chi connectivity index (χ1) is 8.62. The number of carbonyl (C=O) groups is 1. The van der Waals surface area contributed by atoms with E-state index in [1.165, 1.54) is 0 Å². The highest BCUT2D eigenvalue weighted by atomic mass is 32.1. The molecule has 0 spiro atoms. The fraction of sp³-hybridized carbons (Fsp3) is 0.750. The molecular formula is C12H22N4OS. The molecule has 3 N–H and O–H groups in total. The van der Waals surface area contributed by atoms with E-state index >= 15 is 0 Å². The Kier molecular flexibility index (Phi) is 5.68. The molecule has 0 saturated heterocycles. The number of hydrogen-bond acceptors (Lipinski definition) is 5. The van der Waals surface area contributed by atoms with Gasteiger partial charge < -0.3 is 11.1 Å². The van der Waals surface area contributed by atoms with Gasteiger partial charge >= 0.3 is 0 Å². The fourth-order valence-corrected chi connectivity index (χ4v) is 2.45. The summed E-state index contributed by atoms with van der Waals surface area (Å²) in [7, 11) is 0. The monoisotopic (exact) mass is 270 g/mol. The third kappa shape index (κ3) is 3.26. The maximum absolute atomic E-state index is 12.3. The van der Waals surface area contributed by atoms with E-state index < -0.39 is 0 Å². The zero-order valence-electron chi connectivity index (χ0n) is 11.3. The van der Waals surface area contributed by atoms with Crippen LogP contribution in [0.1, 0.15) is 55.4 Å². The van der Waals surface area contributed by atoms with E-state index in [1.807, 2.05) is 13.8 Å². The maximum Gasteiger partial charge on any atom is 0.265 e. The Bertz CT molecular complexity index is 379. The van der Waals surface area contributed by atoms with E-state index in [0.717, 1.165) is 42.9 Å². The first-order valence-corrected chi connectivity index (χ1v) is 7.23. The molecule has 0 aromatic carbocycles. The molecule has 0 bridgehead atoms. The molecule has 0 aliphatic rings. The summed E-state index contributed by atoms with van der Waals surface area (Å²) < 4.78 is 3.87. The number of carbonyl (C=O) groups excluding carboxylic acids is 1. The molecule has 0 aliphatic heterocycles. The summed E-state index contributed by atoms with van der Waals surface area (Å²) in [6.07, 6.45) is 3.38. The fourth-order valence-electron chi connectivity index (χ4n) is 1.85. The standard InChI is InChI=1S/C12H22N4OS/c1-4-7-9-10(18-16-15-9)11(17)14-12(5-2,6-3)8-13/h4-8,13H2,1-3H3,(H,14,17). The van der Waals surface area contributed by atoms with Gasteiger partial charge in [0.15, 0.2) is 0 Å². The zero-order chi connectivity index (χ0) is 13.6. The Balaban J connectivity index is 2.84. The number of nitrogens with one attached hydrogen (secondary N) is 1. The first-order valence-electron chi connectivity index (χ1n) is 6.46. The minimum atomic E-state index is -0.315. The Morgan fingerprint density at radius 2 is 2.06 bits per heavy atom. The minimum absolute atomic E-state index is 0.0948. The highest BCUT2D eigenvalue weighted by Gasteiger charge is 2.28. The lowest BCUT2D eigenvalue weighted by Crippen LogP contribution is -2.52. The molecule has 0 aliphatic carbocycles. The van der Waals surface area contributed by atoms with Crippen LogP contribution in [0.5, 0.6) is 0 Å². The molecule has 1 aromatic heterocycles. The second-order valence-electron chi connectivity index (χ2n) is 4.44. The summed E-state index contributed by atoms with van der Waals surface area (Å²) in [6.45, 7) is 6.58. The van der Waals surface area contributed by atoms with Gasteiger partial charge in [-0.3, -0.25) is 4.79 Å². The molecule has 0 fully saturated rings. The quantitative estimate of drug-likeness (QED) is 0.790. The van der Waals surface area contributed by atoms with Crippen LogP contribution in [0.3, 0.4) is 0 Å². The smallest absolute Gasteiger partial charge is 0.265 e. The van der Waals surface area contributed by atoms with Crippen LogP contribution in [0, 0.1) is 0 Å². The lowest BCUT2D eigenvalue weighted by Gasteiger charge is -2.31. The van der Waals surface area contributed by atoms with Gasteiger partial charge in [-0.05, 0) is 30.8 Å². The highest BCUT2D eigenvalue weighted by Crippen LogP contribution is 2.17. The highest BCUT2D eigenvalue weighted by molar-refractivity contribution is 7.08. The Morgan fingerprint density at radius 1 is 1.39 bits per heavy atom. The van der Waals surface area contributed by atoms with Crippen molar-refractivity contribution in [2.24, 2.45) is 5.73 Å². The van der Waals surface area contributed by atoms with Crippen LogP contribution >= 0.6 is 11.5 Å². The number of amides is 1. The third-order valence-electron chi connectivity index (χ3n) is 3.37. The van der Waals surface area contributed by atoms with E-state index in [4.69, 9.17) is 5.73 Å². The van der Waals surface area contributed by atoms with Crippen molar-refractivity contribution in [1.29, 1.82) is 0 Å². The SMILES string of the molecule is CCCc1nnsc1C(=O)NC(CC)(CC)CN. The normalized spacial score (nSPS) is 11.6. The second-order valence-corrected chi connectivity index (χ2v) is 5.20. The van der Waals surface area contributed by atoms with Crippen molar-refractivity contribution in [2.45, 2.75) is 52.0 Å². The molecule has 5 nitrogen and oxygen atoms in total. The summed E-state index contributed by atoms with van der Waals surface area (Å²) in [6, 6.07) is 0. The van der Waals surface area contributed by atoms with Gasteiger partial charge in [-0.1, -0.05) is 31.7 Å². The van der Waals surface area contributed by atoms with Crippen LogP contribution in [0.2, 0.25) is 0 Å². The molecule has 0 radical (unpaired) electrons. The van der Waals surface area contributed by atoms with Crippen LogP contribution in [0.25, 0.3) is 0 Å². The second kappa shape index (κ2) is 6.80. The predicted molar refractivity (Wildman–Crippen MR) is 73.7 cm³/mol. The number of rotatable bonds is 7. The number of aryl methyl sites for hydroxylation is 1. The Labute approximate surface area is 112 Å². The van der Waals surface area contributed by atoms with Gasteiger partial charge in [-0.25, -0.2) is 0 Å². The van der Waals surface area contributed by atoms with Gasteiger partial charge in [-0.2, -0.15) is 0 Å². The van der Waals surface area contributed by atoms with Crippen molar-refractivity contribution in [3.05, 3.63) is 10.6 Å². The van der Waals surface area contributed by atoms with E-state index in [2.05, 4.69) is 21.8 Å². The van der Waals surface area contributed by atoms with E-state index in [1.54, 1.807) is 0 Å². The molecule has 0 unspecified atom stereocenters. The van der Waals surface area contributed by atoms with Crippen LogP contribution in [-0.2, 0) is 6.42 Å². The van der Waals surface area contributed by atoms with Crippen molar-refractivity contribution in [3.63, 3.8) is 0 Å². The number of nitrogens with zero attached hydrogens (tertiary/aromatic N) is 2. The van der Waals surface area contributed by atoms with E-state index in [-0.39, 0.29) is 11.4 Å². The van der Waals surface area contributed by atoms with Crippen molar-refractivity contribution in [2.75, 3.05) is 6.54 Å². The molecule has 1 amide bonds. The Hall–Kier alpha value is -1.01. The maximum atomic E-state index is 12.3. The summed E-state index contributed by atoms with van der Waals surface area (Å²) in [5.74, 6) is -0.0948. The van der Waals surface area contributed by atoms with Crippen LogP contribution in [0.15, 0.2) is 0 Å². The van der Waals surface area contributed by atoms with Crippen LogP contribution in [-0.4, -0.2) is 27.6 Å². The number of aromatic nitrogens is 2. The topological polar surface area (TPSA) is 80.9 Å². The molecule has 1 heterocycles. The summed E-state index contributed by atoms with van der Waals surface area (Å²) >= 11 is 1.16. The largest absolute Gasteiger partial charge is 0.345 e. The average Bonchev–Trinajstić information content (AvgIpc) is 2.85. The Morgan fingerprint density at radius 3 is 2.56 bits per heavy atom. The van der Waals surface area contributed by atoms with Crippen molar-refractivity contribution in [3.8, 4) is 0 Å². The van der Waals surface area contributed by atoms with Gasteiger partial charge in [0.05, 0.1) is 11.2 Å². The zero-order valence-corrected chi connectivity index (χ0v) is 12.1. The number of hydrogen-bond donors (Lipinski definition) is 2. The van der Waals surface area contributed by atoms with E-state index in [0.29, 0.717) is 11.4 Å². The molecule has 102 valence electrons. The van der Waals surface area contributed by atoms with E-state index in [9.17, 15) is 4.79 Å². The predicted octanol–water partition coefficient (Wildman–Crippen LogP) is 1.74. The average molecular weight is 270 g/mol. The van der Waals surface area contributed by atoms with Gasteiger partial charge in [0.2, 0.25) is 0 Å². The lowest BCUT2D eigenvalue weighted by molar-refractivity contribution is 0.0898. The molecule has 0 saturated carbocycles. The van der Waals surface area contributed by atoms with Gasteiger partial charge in [0, 0.05) is 6.54 Å². The van der Waals surface area contributed by atoms with Gasteiger partial charge in [-0.15, -0.1) is 5.10 Å². The summed E-state index contributed by atoms with van der Waals surface area (Å²) in [4.78, 5) is 12.9. The molecule has 6 heteroatoms. The van der Waals surface area contributed by atoms with Gasteiger partial charge in [0.1, 0.15) is 4.88 Å². The first kappa shape index (κ1) is 15.0. The molecule has 0 atom stereocenters. The summed E-state index contributed by atoms with van der Waals surface area (Å²) in [5.41, 5.74) is 6.26. The van der Waals surface area contributed by atoms with Crippen LogP contribution < -0.4 is 11.1 Å². The minimum Gasteiger partial charge on any atom is -0.345 e. The molecule has 18 heavy (non-hydrogen) atoms. The molecule has 1 aromatic rings. The summed E-state index contributed by atoms with van der Waals surface area (Å²) in [5, 5.41) is 7.06. The van der Waals surface area contributed by atoms with Crippen molar-refractivity contribution < 1.29 is 4.79 Å². The van der Waals surface area contributed by atoms with Gasteiger partial charge in [0.25, 0.3) is 5.91 Å².